The lowest BCUT2D eigenvalue weighted by Gasteiger charge is -2.04. The van der Waals surface area contributed by atoms with Crippen LogP contribution in [0.5, 0.6) is 0 Å². The van der Waals surface area contributed by atoms with Crippen molar-refractivity contribution in [2.24, 2.45) is 7.05 Å². The summed E-state index contributed by atoms with van der Waals surface area (Å²) < 4.78 is 2.15. The van der Waals surface area contributed by atoms with Crippen LogP contribution in [-0.2, 0) is 7.05 Å². The highest BCUT2D eigenvalue weighted by Crippen LogP contribution is 2.31. The summed E-state index contributed by atoms with van der Waals surface area (Å²) in [6.07, 6.45) is 4.04. The highest BCUT2D eigenvalue weighted by atomic mass is 14.9. The highest BCUT2D eigenvalue weighted by molar-refractivity contribution is 5.95. The number of nitrogens with zero attached hydrogens (tertiary/aromatic N) is 2. The molecule has 0 aliphatic heterocycles. The third kappa shape index (κ3) is 2.09. The summed E-state index contributed by atoms with van der Waals surface area (Å²) in [5.74, 6) is 0. The molecule has 0 amide bonds. The molecule has 2 heteroatoms. The third-order valence-electron chi connectivity index (χ3n) is 4.04. The molecule has 0 fully saturated rings. The molecule has 0 saturated carbocycles. The third-order valence-corrected chi connectivity index (χ3v) is 4.04. The molecular formula is C20H16N2. The first kappa shape index (κ1) is 12.8. The van der Waals surface area contributed by atoms with Crippen LogP contribution < -0.4 is 0 Å². The van der Waals surface area contributed by atoms with E-state index in [9.17, 15) is 0 Å². The molecule has 4 rings (SSSR count). The van der Waals surface area contributed by atoms with Crippen molar-refractivity contribution in [2.45, 2.75) is 0 Å². The first-order chi connectivity index (χ1) is 10.8. The molecule has 2 heterocycles. The van der Waals surface area contributed by atoms with Gasteiger partial charge in [0.15, 0.2) is 0 Å². The van der Waals surface area contributed by atoms with E-state index in [4.69, 9.17) is 0 Å². The van der Waals surface area contributed by atoms with Gasteiger partial charge in [-0.1, -0.05) is 48.5 Å². The molecule has 0 bridgehead atoms. The van der Waals surface area contributed by atoms with Gasteiger partial charge in [0.25, 0.3) is 0 Å². The number of hydrogen-bond donors (Lipinski definition) is 0. The van der Waals surface area contributed by atoms with Crippen LogP contribution in [0.2, 0.25) is 0 Å². The molecule has 0 radical (unpaired) electrons. The molecule has 0 N–H and O–H groups in total. The fourth-order valence-electron chi connectivity index (χ4n) is 2.93. The molecule has 4 aromatic rings. The summed E-state index contributed by atoms with van der Waals surface area (Å²) in [4.78, 5) is 4.59. The van der Waals surface area contributed by atoms with Gasteiger partial charge in [-0.15, -0.1) is 0 Å². The average Bonchev–Trinajstić information content (AvgIpc) is 2.93. The Balaban J connectivity index is 1.89. The van der Waals surface area contributed by atoms with Gasteiger partial charge >= 0.3 is 0 Å². The highest BCUT2D eigenvalue weighted by Gasteiger charge is 2.10. The molecule has 0 aliphatic carbocycles. The fraction of sp³-hybridized carbons (Fsp3) is 0.0500. The molecule has 0 aliphatic rings. The standard InChI is InChI=1S/C20H16N2/c1-22-14-18(17-9-5-6-10-20(17)22)19-13-16(11-12-21-19)15-7-3-2-4-8-15/h2-14H,1H3. The zero-order chi connectivity index (χ0) is 14.9. The largest absolute Gasteiger partial charge is 0.350 e. The van der Waals surface area contributed by atoms with E-state index >= 15 is 0 Å². The lowest BCUT2D eigenvalue weighted by Crippen LogP contribution is -1.85. The summed E-state index contributed by atoms with van der Waals surface area (Å²) in [7, 11) is 2.08. The molecular weight excluding hydrogens is 268 g/mol. The minimum atomic E-state index is 1.01. The maximum atomic E-state index is 4.59. The fourth-order valence-corrected chi connectivity index (χ4v) is 2.93. The Morgan fingerprint density at radius 3 is 2.45 bits per heavy atom. The lowest BCUT2D eigenvalue weighted by molar-refractivity contribution is 0.969. The summed E-state index contributed by atoms with van der Waals surface area (Å²) in [5.41, 5.74) is 5.82. The van der Waals surface area contributed by atoms with Crippen LogP contribution in [-0.4, -0.2) is 9.55 Å². The van der Waals surface area contributed by atoms with Crippen LogP contribution >= 0.6 is 0 Å². The van der Waals surface area contributed by atoms with Gasteiger partial charge in [0, 0.05) is 35.9 Å². The second-order valence-corrected chi connectivity index (χ2v) is 5.47. The summed E-state index contributed by atoms with van der Waals surface area (Å²) >= 11 is 0. The van der Waals surface area contributed by atoms with Gasteiger partial charge in [0.05, 0.1) is 5.69 Å². The normalized spacial score (nSPS) is 11.0. The second kappa shape index (κ2) is 5.15. The number of pyridine rings is 1. The Labute approximate surface area is 129 Å². The van der Waals surface area contributed by atoms with E-state index in [2.05, 4.69) is 83.5 Å². The predicted octanol–water partition coefficient (Wildman–Crippen LogP) is 4.91. The van der Waals surface area contributed by atoms with Gasteiger partial charge in [0.1, 0.15) is 0 Å². The van der Waals surface area contributed by atoms with E-state index in [1.165, 1.54) is 27.6 Å². The van der Waals surface area contributed by atoms with E-state index in [0.717, 1.165) is 5.69 Å². The lowest BCUT2D eigenvalue weighted by atomic mass is 10.0. The second-order valence-electron chi connectivity index (χ2n) is 5.47. The Kier molecular flexibility index (Phi) is 3.01. The maximum absolute atomic E-state index is 4.59. The van der Waals surface area contributed by atoms with Crippen molar-refractivity contribution in [3.05, 3.63) is 79.1 Å². The van der Waals surface area contributed by atoms with Crippen molar-refractivity contribution < 1.29 is 0 Å². The zero-order valence-corrected chi connectivity index (χ0v) is 12.4. The zero-order valence-electron chi connectivity index (χ0n) is 12.4. The molecule has 2 aromatic heterocycles. The number of para-hydroxylation sites is 1. The number of hydrogen-bond acceptors (Lipinski definition) is 1. The monoisotopic (exact) mass is 284 g/mol. The van der Waals surface area contributed by atoms with E-state index in [0.29, 0.717) is 0 Å². The molecule has 0 unspecified atom stereocenters. The van der Waals surface area contributed by atoms with Crippen LogP contribution in [0.25, 0.3) is 33.3 Å². The Morgan fingerprint density at radius 2 is 1.59 bits per heavy atom. The number of aromatic nitrogens is 2. The topological polar surface area (TPSA) is 17.8 Å². The van der Waals surface area contributed by atoms with Crippen molar-refractivity contribution >= 4 is 10.9 Å². The molecule has 0 atom stereocenters. The van der Waals surface area contributed by atoms with Gasteiger partial charge in [-0.3, -0.25) is 4.98 Å². The van der Waals surface area contributed by atoms with E-state index < -0.39 is 0 Å². The number of fused-ring (bicyclic) bond motifs is 1. The Hall–Kier alpha value is -2.87. The van der Waals surface area contributed by atoms with Gasteiger partial charge in [-0.2, -0.15) is 0 Å². The molecule has 2 aromatic carbocycles. The Bertz CT molecular complexity index is 936. The maximum Gasteiger partial charge on any atom is 0.0729 e. The van der Waals surface area contributed by atoms with Gasteiger partial charge in [-0.25, -0.2) is 0 Å². The van der Waals surface area contributed by atoms with Crippen molar-refractivity contribution in [3.63, 3.8) is 0 Å². The quantitative estimate of drug-likeness (QED) is 0.511. The Morgan fingerprint density at radius 1 is 0.818 bits per heavy atom. The first-order valence-electron chi connectivity index (χ1n) is 7.39. The van der Waals surface area contributed by atoms with Crippen molar-refractivity contribution in [3.8, 4) is 22.4 Å². The molecule has 0 saturated heterocycles. The summed E-state index contributed by atoms with van der Waals surface area (Å²) in [6.45, 7) is 0. The molecule has 106 valence electrons. The van der Waals surface area contributed by atoms with Crippen molar-refractivity contribution in [1.82, 2.24) is 9.55 Å². The van der Waals surface area contributed by atoms with Crippen LogP contribution in [0.15, 0.2) is 79.1 Å². The predicted molar refractivity (Wildman–Crippen MR) is 91.6 cm³/mol. The number of benzene rings is 2. The van der Waals surface area contributed by atoms with Gasteiger partial charge < -0.3 is 4.57 Å². The van der Waals surface area contributed by atoms with Crippen molar-refractivity contribution in [1.29, 1.82) is 0 Å². The minimum absolute atomic E-state index is 1.01. The molecule has 22 heavy (non-hydrogen) atoms. The minimum Gasteiger partial charge on any atom is -0.350 e. The first-order valence-corrected chi connectivity index (χ1v) is 7.39. The van der Waals surface area contributed by atoms with Crippen LogP contribution in [0.4, 0.5) is 0 Å². The SMILES string of the molecule is Cn1cc(-c2cc(-c3ccccc3)ccn2)c2ccccc21. The molecule has 0 spiro atoms. The van der Waals surface area contributed by atoms with Crippen LogP contribution in [0, 0.1) is 0 Å². The van der Waals surface area contributed by atoms with Crippen molar-refractivity contribution in [2.75, 3.05) is 0 Å². The van der Waals surface area contributed by atoms with Crippen LogP contribution in [0.3, 0.4) is 0 Å². The number of rotatable bonds is 2. The number of aryl methyl sites for hydroxylation is 1. The van der Waals surface area contributed by atoms with E-state index in [1.807, 2.05) is 12.3 Å². The molecule has 2 nitrogen and oxygen atoms in total. The van der Waals surface area contributed by atoms with E-state index in [-0.39, 0.29) is 0 Å². The smallest absolute Gasteiger partial charge is 0.0729 e. The average molecular weight is 284 g/mol. The van der Waals surface area contributed by atoms with E-state index in [1.54, 1.807) is 0 Å². The summed E-state index contributed by atoms with van der Waals surface area (Å²) in [5, 5.41) is 1.24. The van der Waals surface area contributed by atoms with Gasteiger partial charge in [0.2, 0.25) is 0 Å². The summed E-state index contributed by atoms with van der Waals surface area (Å²) in [6, 6.07) is 23.1. The van der Waals surface area contributed by atoms with Crippen LogP contribution in [0.1, 0.15) is 0 Å². The van der Waals surface area contributed by atoms with Gasteiger partial charge in [-0.05, 0) is 29.3 Å².